The quantitative estimate of drug-likeness (QED) is 0.647. The van der Waals surface area contributed by atoms with Gasteiger partial charge in [-0.05, 0) is 30.7 Å². The molecule has 5 nitrogen and oxygen atoms in total. The zero-order chi connectivity index (χ0) is 15.4. The van der Waals surface area contributed by atoms with Gasteiger partial charge < -0.3 is 5.43 Å². The monoisotopic (exact) mass is 292 g/mol. The van der Waals surface area contributed by atoms with Crippen LogP contribution in [0.5, 0.6) is 0 Å². The molecule has 5 heteroatoms. The molecule has 0 bridgehead atoms. The Labute approximate surface area is 128 Å². The fourth-order valence-corrected chi connectivity index (χ4v) is 2.23. The summed E-state index contributed by atoms with van der Waals surface area (Å²) in [5, 5.41) is 0.820. The second-order valence-electron chi connectivity index (χ2n) is 4.89. The molecule has 2 aromatic carbocycles. The molecule has 1 amide bonds. The molecule has 22 heavy (non-hydrogen) atoms. The minimum Gasteiger partial charge on any atom is -0.304 e. The Morgan fingerprint density at radius 3 is 2.64 bits per heavy atom. The molecule has 0 unspecified atom stereocenters. The minimum absolute atomic E-state index is 0.223. The molecule has 0 spiro atoms. The highest BCUT2D eigenvalue weighted by atomic mass is 16.2. The van der Waals surface area contributed by atoms with Crippen molar-refractivity contribution in [3.05, 3.63) is 71.9 Å². The summed E-state index contributed by atoms with van der Waals surface area (Å²) in [7, 11) is 0. The van der Waals surface area contributed by atoms with E-state index in [4.69, 9.17) is 0 Å². The maximum Gasteiger partial charge on any atom is 0.267 e. The third-order valence-corrected chi connectivity index (χ3v) is 3.41. The van der Waals surface area contributed by atoms with Crippen LogP contribution in [0.2, 0.25) is 0 Å². The number of amides is 1. The second kappa shape index (κ2) is 6.24. The molecule has 0 aliphatic heterocycles. The summed E-state index contributed by atoms with van der Waals surface area (Å²) in [6, 6.07) is 17.1. The van der Waals surface area contributed by atoms with Crippen LogP contribution in [0.25, 0.3) is 10.9 Å². The van der Waals surface area contributed by atoms with Gasteiger partial charge in [-0.3, -0.25) is 15.2 Å². The van der Waals surface area contributed by atoms with E-state index in [2.05, 4.69) is 21.4 Å². The molecule has 0 radical (unpaired) electrons. The van der Waals surface area contributed by atoms with Gasteiger partial charge in [0.05, 0.1) is 16.8 Å². The number of fused-ring (bicyclic) bond motifs is 1. The number of carbonyl (C=O) groups excluding carboxylic acids is 1. The molecule has 1 heterocycles. The first kappa shape index (κ1) is 14.0. The van der Waals surface area contributed by atoms with E-state index in [1.54, 1.807) is 12.3 Å². The van der Waals surface area contributed by atoms with Crippen molar-refractivity contribution in [2.75, 3.05) is 5.43 Å². The maximum absolute atomic E-state index is 12.3. The average Bonchev–Trinajstić information content (AvgIpc) is 2.56. The van der Waals surface area contributed by atoms with Crippen LogP contribution in [-0.4, -0.2) is 10.9 Å². The molecule has 0 saturated carbocycles. The third kappa shape index (κ3) is 2.89. The lowest BCUT2D eigenvalue weighted by Crippen LogP contribution is -2.41. The molecule has 0 fully saturated rings. The molecule has 3 rings (SSSR count). The van der Waals surface area contributed by atoms with E-state index in [1.165, 1.54) is 0 Å². The second-order valence-corrected chi connectivity index (χ2v) is 4.89. The van der Waals surface area contributed by atoms with Crippen molar-refractivity contribution < 1.29 is 4.79 Å². The van der Waals surface area contributed by atoms with Crippen LogP contribution < -0.4 is 16.4 Å². The average molecular weight is 292 g/mol. The van der Waals surface area contributed by atoms with E-state index in [-0.39, 0.29) is 5.91 Å². The molecule has 3 N–H and O–H groups in total. The lowest BCUT2D eigenvalue weighted by atomic mass is 10.1. The lowest BCUT2D eigenvalue weighted by molar-refractivity contribution is 0.0939. The van der Waals surface area contributed by atoms with Gasteiger partial charge in [0, 0.05) is 11.6 Å². The normalized spacial score (nSPS) is 10.4. The van der Waals surface area contributed by atoms with Gasteiger partial charge in [-0.25, -0.2) is 0 Å². The SMILES string of the molecule is Cc1ccccc1NNNC(=O)c1ccnc2ccccc12. The first-order valence-corrected chi connectivity index (χ1v) is 6.96. The largest absolute Gasteiger partial charge is 0.304 e. The first-order valence-electron chi connectivity index (χ1n) is 6.96. The van der Waals surface area contributed by atoms with Crippen LogP contribution in [0.15, 0.2) is 60.8 Å². The summed E-state index contributed by atoms with van der Waals surface area (Å²) in [5.74, 6) is -0.223. The molecule has 0 aliphatic carbocycles. The summed E-state index contributed by atoms with van der Waals surface area (Å²) >= 11 is 0. The van der Waals surface area contributed by atoms with Crippen molar-refractivity contribution in [1.29, 1.82) is 0 Å². The van der Waals surface area contributed by atoms with Gasteiger partial charge in [0.2, 0.25) is 0 Å². The number of hydrogen-bond acceptors (Lipinski definition) is 4. The number of nitrogens with zero attached hydrogens (tertiary/aromatic N) is 1. The number of anilines is 1. The van der Waals surface area contributed by atoms with Gasteiger partial charge in [-0.1, -0.05) is 36.4 Å². The summed E-state index contributed by atoms with van der Waals surface area (Å²) in [6.45, 7) is 1.99. The predicted molar refractivity (Wildman–Crippen MR) is 87.1 cm³/mol. The number of pyridine rings is 1. The van der Waals surface area contributed by atoms with Crippen molar-refractivity contribution in [2.45, 2.75) is 6.92 Å². The van der Waals surface area contributed by atoms with Gasteiger partial charge in [-0.15, -0.1) is 5.53 Å². The molecule has 110 valence electrons. The summed E-state index contributed by atoms with van der Waals surface area (Å²) in [6.07, 6.45) is 1.63. The Morgan fingerprint density at radius 1 is 1.00 bits per heavy atom. The van der Waals surface area contributed by atoms with Gasteiger partial charge >= 0.3 is 0 Å². The van der Waals surface area contributed by atoms with Crippen LogP contribution in [0.1, 0.15) is 15.9 Å². The standard InChI is InChI=1S/C17H16N4O/c1-12-6-2-4-8-15(12)19-21-20-17(22)14-10-11-18-16-9-5-3-7-13(14)16/h2-11,19,21H,1H3,(H,20,22). The van der Waals surface area contributed by atoms with E-state index in [0.29, 0.717) is 5.56 Å². The van der Waals surface area contributed by atoms with Crippen molar-refractivity contribution in [1.82, 2.24) is 15.9 Å². The van der Waals surface area contributed by atoms with E-state index < -0.39 is 0 Å². The number of hydrazine groups is 2. The number of para-hydroxylation sites is 2. The number of hydrogen-bond donors (Lipinski definition) is 3. The number of benzene rings is 2. The topological polar surface area (TPSA) is 66.0 Å². The van der Waals surface area contributed by atoms with Crippen LogP contribution in [0, 0.1) is 6.92 Å². The van der Waals surface area contributed by atoms with Gasteiger partial charge in [0.25, 0.3) is 5.91 Å². The fraction of sp³-hybridized carbons (Fsp3) is 0.0588. The molecule has 0 aliphatic rings. The van der Waals surface area contributed by atoms with E-state index in [0.717, 1.165) is 22.2 Å². The number of aromatic nitrogens is 1. The third-order valence-electron chi connectivity index (χ3n) is 3.41. The molecular formula is C17H16N4O. The zero-order valence-electron chi connectivity index (χ0n) is 12.1. The summed E-state index contributed by atoms with van der Waals surface area (Å²) < 4.78 is 0. The van der Waals surface area contributed by atoms with Gasteiger partial charge in [0.15, 0.2) is 0 Å². The fourth-order valence-electron chi connectivity index (χ4n) is 2.23. The first-order chi connectivity index (χ1) is 10.8. The predicted octanol–water partition coefficient (Wildman–Crippen LogP) is 2.80. The highest BCUT2D eigenvalue weighted by Crippen LogP contribution is 2.16. The smallest absolute Gasteiger partial charge is 0.267 e. The molecule has 0 saturated heterocycles. The summed E-state index contributed by atoms with van der Waals surface area (Å²) in [5.41, 5.74) is 11.7. The van der Waals surface area contributed by atoms with Crippen molar-refractivity contribution in [3.63, 3.8) is 0 Å². The van der Waals surface area contributed by atoms with Crippen LogP contribution in [-0.2, 0) is 0 Å². The van der Waals surface area contributed by atoms with Gasteiger partial charge in [-0.2, -0.15) is 0 Å². The minimum atomic E-state index is -0.223. The van der Waals surface area contributed by atoms with Crippen molar-refractivity contribution in [2.24, 2.45) is 0 Å². The van der Waals surface area contributed by atoms with Crippen LogP contribution in [0.3, 0.4) is 0 Å². The molecule has 1 aromatic heterocycles. The molecule has 0 atom stereocenters. The van der Waals surface area contributed by atoms with Crippen molar-refractivity contribution in [3.8, 4) is 0 Å². The number of aryl methyl sites for hydroxylation is 1. The van der Waals surface area contributed by atoms with E-state index in [1.807, 2.05) is 55.5 Å². The summed E-state index contributed by atoms with van der Waals surface area (Å²) in [4.78, 5) is 16.5. The Hall–Kier alpha value is -2.92. The Balaban J connectivity index is 1.70. The maximum atomic E-state index is 12.3. The Bertz CT molecular complexity index is 811. The molecular weight excluding hydrogens is 276 g/mol. The van der Waals surface area contributed by atoms with Gasteiger partial charge in [0.1, 0.15) is 0 Å². The van der Waals surface area contributed by atoms with E-state index in [9.17, 15) is 4.79 Å². The number of carbonyl (C=O) groups is 1. The lowest BCUT2D eigenvalue weighted by Gasteiger charge is -2.12. The van der Waals surface area contributed by atoms with E-state index >= 15 is 0 Å². The van der Waals surface area contributed by atoms with Crippen LogP contribution in [0.4, 0.5) is 5.69 Å². The molecule has 3 aromatic rings. The zero-order valence-corrected chi connectivity index (χ0v) is 12.1. The number of rotatable bonds is 4. The Kier molecular flexibility index (Phi) is 3.98. The Morgan fingerprint density at radius 2 is 1.77 bits per heavy atom. The highest BCUT2D eigenvalue weighted by Gasteiger charge is 2.09. The van der Waals surface area contributed by atoms with Crippen molar-refractivity contribution >= 4 is 22.5 Å². The van der Waals surface area contributed by atoms with Crippen LogP contribution >= 0.6 is 0 Å². The highest BCUT2D eigenvalue weighted by molar-refractivity contribution is 6.05. The number of nitrogens with one attached hydrogen (secondary N) is 3.